The van der Waals surface area contributed by atoms with Crippen molar-refractivity contribution >= 4 is 40.3 Å². The van der Waals surface area contributed by atoms with E-state index in [1.807, 2.05) is 55.5 Å². The summed E-state index contributed by atoms with van der Waals surface area (Å²) in [5.41, 5.74) is 0.272. The zero-order valence-electron chi connectivity index (χ0n) is 25.8. The Bertz CT molecular complexity index is 1070. The van der Waals surface area contributed by atoms with Crippen molar-refractivity contribution in [2.45, 2.75) is 115 Å². The van der Waals surface area contributed by atoms with Crippen LogP contribution in [0.15, 0.2) is 36.0 Å². The van der Waals surface area contributed by atoms with Crippen LogP contribution in [0.1, 0.15) is 60.3 Å². The van der Waals surface area contributed by atoms with Gasteiger partial charge in [0.15, 0.2) is 0 Å². The Morgan fingerprint density at radius 3 is 2.40 bits per heavy atom. The Balaban J connectivity index is 1.51. The van der Waals surface area contributed by atoms with Gasteiger partial charge in [-0.3, -0.25) is 14.4 Å². The van der Waals surface area contributed by atoms with E-state index in [9.17, 15) is 24.6 Å². The van der Waals surface area contributed by atoms with Crippen molar-refractivity contribution in [3.8, 4) is 0 Å². The summed E-state index contributed by atoms with van der Waals surface area (Å²) in [5, 5.41) is 28.9. The van der Waals surface area contributed by atoms with Gasteiger partial charge in [-0.05, 0) is 46.5 Å². The van der Waals surface area contributed by atoms with Gasteiger partial charge in [0.1, 0.15) is 17.8 Å². The molecule has 3 fully saturated rings. The molecule has 11 nitrogen and oxygen atoms in total. The van der Waals surface area contributed by atoms with Gasteiger partial charge >= 0.3 is 0 Å². The number of hydrogen-bond donors (Lipinski definition) is 5. The molecule has 5 N–H and O–H groups in total. The lowest BCUT2D eigenvalue weighted by molar-refractivity contribution is -0.145. The molecule has 3 aliphatic rings. The number of epoxide rings is 1. The number of ether oxygens (including phenoxy) is 3. The minimum Gasteiger partial charge on any atom is -0.389 e. The third-order valence-electron chi connectivity index (χ3n) is 8.33. The van der Waals surface area contributed by atoms with Crippen LogP contribution in [-0.2, 0) is 28.6 Å². The van der Waals surface area contributed by atoms with Gasteiger partial charge < -0.3 is 40.4 Å². The van der Waals surface area contributed by atoms with Crippen LogP contribution in [0.25, 0.3) is 0 Å². The first-order valence-corrected chi connectivity index (χ1v) is 16.6. The largest absolute Gasteiger partial charge is 0.389 e. The molecule has 3 saturated heterocycles. The predicted octanol–water partition coefficient (Wildman–Crippen LogP) is 1.85. The van der Waals surface area contributed by atoms with Gasteiger partial charge in [-0.15, -0.1) is 0 Å². The molecule has 1 spiro atoms. The average Bonchev–Trinajstić information content (AvgIpc) is 3.60. The molecule has 0 bridgehead atoms. The Labute approximate surface area is 268 Å². The second-order valence-electron chi connectivity index (χ2n) is 12.0. The lowest BCUT2D eigenvalue weighted by Gasteiger charge is -2.39. The van der Waals surface area contributed by atoms with Crippen LogP contribution in [0.5, 0.6) is 0 Å². The summed E-state index contributed by atoms with van der Waals surface area (Å²) in [6.07, 6.45) is 7.85. The molecule has 0 aromatic carbocycles. The van der Waals surface area contributed by atoms with Gasteiger partial charge in [-0.1, -0.05) is 59.4 Å². The highest BCUT2D eigenvalue weighted by molar-refractivity contribution is 14.1. The van der Waals surface area contributed by atoms with Crippen LogP contribution < -0.4 is 16.0 Å². The number of nitrogens with one attached hydrogen (secondary N) is 3. The van der Waals surface area contributed by atoms with E-state index in [0.29, 0.717) is 30.4 Å². The molecule has 3 amide bonds. The SMILES string of the molecule is CC(/C=C/[C@H]1O[C@H](CC(=O)NCCNC(=O)CI)C[C@]2(O[C@@H]2C)[C@@H]1O)=C\C[C@@H]1O[C@H](C)[C@H](NC(=O)/C=C\[C@H](C)O)C[C@@H]1C. The van der Waals surface area contributed by atoms with Gasteiger partial charge in [-0.2, -0.15) is 0 Å². The van der Waals surface area contributed by atoms with Crippen LogP contribution in [0, 0.1) is 5.92 Å². The van der Waals surface area contributed by atoms with Crippen molar-refractivity contribution in [3.63, 3.8) is 0 Å². The van der Waals surface area contributed by atoms with Gasteiger partial charge in [0.05, 0.1) is 47.4 Å². The summed E-state index contributed by atoms with van der Waals surface area (Å²) in [7, 11) is 0. The maximum absolute atomic E-state index is 12.5. The molecule has 43 heavy (non-hydrogen) atoms. The zero-order valence-corrected chi connectivity index (χ0v) is 27.9. The second kappa shape index (κ2) is 16.5. The molecule has 3 rings (SSSR count). The Morgan fingerprint density at radius 2 is 1.77 bits per heavy atom. The Kier molecular flexibility index (Phi) is 13.6. The van der Waals surface area contributed by atoms with Crippen LogP contribution in [0.3, 0.4) is 0 Å². The van der Waals surface area contributed by atoms with Gasteiger partial charge in [0.2, 0.25) is 17.7 Å². The third kappa shape index (κ3) is 10.6. The normalized spacial score (nSPS) is 35.2. The van der Waals surface area contributed by atoms with E-state index >= 15 is 0 Å². The molecule has 10 atom stereocenters. The molecular weight excluding hydrogens is 669 g/mol. The summed E-state index contributed by atoms with van der Waals surface area (Å²) in [5.74, 6) is -0.274. The monoisotopic (exact) mass is 717 g/mol. The molecule has 0 aromatic rings. The fraction of sp³-hybridized carbons (Fsp3) is 0.710. The lowest BCUT2D eigenvalue weighted by Crippen LogP contribution is -2.51. The van der Waals surface area contributed by atoms with E-state index in [1.54, 1.807) is 6.92 Å². The summed E-state index contributed by atoms with van der Waals surface area (Å²) < 4.78 is 18.6. The highest BCUT2D eigenvalue weighted by Crippen LogP contribution is 2.49. The molecule has 0 radical (unpaired) electrons. The molecule has 0 aromatic heterocycles. The Hall–Kier alpha value is -1.84. The number of aliphatic hydroxyl groups is 2. The van der Waals surface area contributed by atoms with E-state index in [0.717, 1.165) is 12.0 Å². The number of halogens is 1. The number of hydrogen-bond acceptors (Lipinski definition) is 8. The fourth-order valence-electron chi connectivity index (χ4n) is 5.71. The highest BCUT2D eigenvalue weighted by atomic mass is 127. The highest BCUT2D eigenvalue weighted by Gasteiger charge is 2.64. The van der Waals surface area contributed by atoms with Crippen LogP contribution in [-0.4, -0.2) is 99.8 Å². The topological polar surface area (TPSA) is 159 Å². The molecule has 0 unspecified atom stereocenters. The first-order chi connectivity index (χ1) is 20.3. The van der Waals surface area contributed by atoms with E-state index in [2.05, 4.69) is 29.0 Å². The second-order valence-corrected chi connectivity index (χ2v) is 12.7. The number of carbonyl (C=O) groups is 3. The number of rotatable bonds is 13. The molecule has 3 heterocycles. The molecule has 12 heteroatoms. The van der Waals surface area contributed by atoms with E-state index in [4.69, 9.17) is 14.2 Å². The molecule has 242 valence electrons. The maximum atomic E-state index is 12.5. The molecule has 3 aliphatic heterocycles. The zero-order chi connectivity index (χ0) is 31.7. The van der Waals surface area contributed by atoms with Crippen molar-refractivity contribution in [3.05, 3.63) is 36.0 Å². The summed E-state index contributed by atoms with van der Waals surface area (Å²) in [4.78, 5) is 36.0. The summed E-state index contributed by atoms with van der Waals surface area (Å²) >= 11 is 1.98. The van der Waals surface area contributed by atoms with Gasteiger partial charge in [-0.25, -0.2) is 0 Å². The first-order valence-electron chi connectivity index (χ1n) is 15.1. The summed E-state index contributed by atoms with van der Waals surface area (Å²) in [6, 6.07) is -0.108. The van der Waals surface area contributed by atoms with Crippen LogP contribution in [0.2, 0.25) is 0 Å². The third-order valence-corrected chi connectivity index (χ3v) is 9.02. The van der Waals surface area contributed by atoms with E-state index in [-0.39, 0.29) is 54.4 Å². The minimum atomic E-state index is -0.848. The number of carbonyl (C=O) groups excluding carboxylic acids is 3. The number of alkyl halides is 1. The number of aliphatic hydroxyl groups excluding tert-OH is 2. The minimum absolute atomic E-state index is 0.00204. The smallest absolute Gasteiger partial charge is 0.244 e. The van der Waals surface area contributed by atoms with Crippen molar-refractivity contribution in [2.24, 2.45) is 5.92 Å². The molecule has 0 saturated carbocycles. The van der Waals surface area contributed by atoms with Crippen molar-refractivity contribution in [1.29, 1.82) is 0 Å². The van der Waals surface area contributed by atoms with E-state index in [1.165, 1.54) is 12.2 Å². The van der Waals surface area contributed by atoms with Gasteiger partial charge in [0, 0.05) is 25.6 Å². The average molecular weight is 718 g/mol. The van der Waals surface area contributed by atoms with Gasteiger partial charge in [0.25, 0.3) is 0 Å². The standard InChI is InChI=1S/C31H48IN3O8/c1-18(6-9-25-19(2)14-24(21(4)41-25)35-27(37)11-8-20(3)36)7-10-26-30(40)31(22(5)43-31)16-23(42-26)15-28(38)33-12-13-34-29(39)17-32/h6-8,10-11,19-26,30,36,40H,9,12-17H2,1-5H3,(H,33,38)(H,34,39)(H,35,37)/b10-7+,11-8-,18-6+/t19-,20-,21+,22+,23+,24+,25-,26+,30+,31+/m0/s1. The quantitative estimate of drug-likeness (QED) is 0.0483. The lowest BCUT2D eigenvalue weighted by atomic mass is 9.84. The predicted molar refractivity (Wildman–Crippen MR) is 170 cm³/mol. The van der Waals surface area contributed by atoms with E-state index < -0.39 is 30.0 Å². The van der Waals surface area contributed by atoms with Crippen molar-refractivity contribution in [2.75, 3.05) is 17.5 Å². The van der Waals surface area contributed by atoms with Crippen LogP contribution in [0.4, 0.5) is 0 Å². The molecular formula is C31H48IN3O8. The number of allylic oxidation sites excluding steroid dienone is 2. The number of amides is 3. The molecule has 0 aliphatic carbocycles. The fourth-order valence-corrected chi connectivity index (χ4v) is 5.98. The van der Waals surface area contributed by atoms with Crippen molar-refractivity contribution < 1.29 is 38.8 Å². The van der Waals surface area contributed by atoms with Crippen molar-refractivity contribution in [1.82, 2.24) is 16.0 Å². The Morgan fingerprint density at radius 1 is 1.09 bits per heavy atom. The van der Waals surface area contributed by atoms with Crippen LogP contribution >= 0.6 is 22.6 Å². The summed E-state index contributed by atoms with van der Waals surface area (Å²) in [6.45, 7) is 10.3. The maximum Gasteiger partial charge on any atom is 0.244 e. The first kappa shape index (κ1) is 35.6.